The summed E-state index contributed by atoms with van der Waals surface area (Å²) in [6.07, 6.45) is 2.58. The van der Waals surface area contributed by atoms with Gasteiger partial charge in [-0.15, -0.1) is 0 Å². The van der Waals surface area contributed by atoms with E-state index in [2.05, 4.69) is 54.2 Å². The van der Waals surface area contributed by atoms with E-state index < -0.39 is 0 Å². The summed E-state index contributed by atoms with van der Waals surface area (Å²) in [4.78, 5) is 6.77. The molecule has 0 spiro atoms. The molecule has 1 aromatic carbocycles. The average molecular weight is 303 g/mol. The molecular formula is C18H29N3O. The van der Waals surface area contributed by atoms with E-state index in [9.17, 15) is 0 Å². The van der Waals surface area contributed by atoms with Gasteiger partial charge in [-0.25, -0.2) is 0 Å². The van der Waals surface area contributed by atoms with E-state index in [-0.39, 0.29) is 0 Å². The number of nitrogens with one attached hydrogen (secondary N) is 1. The molecule has 1 fully saturated rings. The molecule has 0 unspecified atom stereocenters. The van der Waals surface area contributed by atoms with Crippen molar-refractivity contribution in [2.45, 2.75) is 46.3 Å². The normalized spacial score (nSPS) is 16.9. The van der Waals surface area contributed by atoms with Crippen molar-refractivity contribution >= 4 is 5.96 Å². The first-order valence-electron chi connectivity index (χ1n) is 8.27. The largest absolute Gasteiger partial charge is 0.378 e. The third-order valence-electron chi connectivity index (χ3n) is 4.29. The highest BCUT2D eigenvalue weighted by Gasteiger charge is 2.21. The van der Waals surface area contributed by atoms with Gasteiger partial charge in [-0.2, -0.15) is 0 Å². The van der Waals surface area contributed by atoms with Gasteiger partial charge >= 0.3 is 0 Å². The summed E-state index contributed by atoms with van der Waals surface area (Å²) in [6.45, 7) is 10.0. The highest BCUT2D eigenvalue weighted by Crippen LogP contribution is 2.14. The first-order chi connectivity index (χ1) is 10.6. The lowest BCUT2D eigenvalue weighted by Gasteiger charge is -2.34. The minimum atomic E-state index is 0.415. The molecule has 2 rings (SSSR count). The Hall–Kier alpha value is -1.55. The topological polar surface area (TPSA) is 36.9 Å². The minimum Gasteiger partial charge on any atom is -0.378 e. The highest BCUT2D eigenvalue weighted by molar-refractivity contribution is 5.80. The molecule has 0 aliphatic carbocycles. The van der Waals surface area contributed by atoms with E-state index >= 15 is 0 Å². The smallest absolute Gasteiger partial charge is 0.193 e. The van der Waals surface area contributed by atoms with Crippen molar-refractivity contribution in [1.82, 2.24) is 10.2 Å². The lowest BCUT2D eigenvalue weighted by molar-refractivity contribution is 0.0263. The third-order valence-corrected chi connectivity index (χ3v) is 4.29. The maximum atomic E-state index is 5.71. The van der Waals surface area contributed by atoms with Gasteiger partial charge in [0.2, 0.25) is 0 Å². The van der Waals surface area contributed by atoms with Gasteiger partial charge in [-0.1, -0.05) is 23.8 Å². The van der Waals surface area contributed by atoms with Gasteiger partial charge in [0, 0.05) is 33.3 Å². The Kier molecular flexibility index (Phi) is 6.25. The Morgan fingerprint density at radius 2 is 2.05 bits per heavy atom. The van der Waals surface area contributed by atoms with Crippen molar-refractivity contribution in [2.24, 2.45) is 4.99 Å². The fourth-order valence-corrected chi connectivity index (χ4v) is 3.02. The number of nitrogens with zero attached hydrogens (tertiary/aromatic N) is 2. The number of rotatable bonds is 4. The number of hydrogen-bond acceptors (Lipinski definition) is 2. The average Bonchev–Trinajstić information content (AvgIpc) is 2.51. The van der Waals surface area contributed by atoms with Crippen LogP contribution in [0.3, 0.4) is 0 Å². The van der Waals surface area contributed by atoms with E-state index in [0.29, 0.717) is 6.10 Å². The molecule has 1 saturated heterocycles. The van der Waals surface area contributed by atoms with E-state index in [1.165, 1.54) is 16.7 Å². The molecule has 0 amide bonds. The molecule has 0 saturated carbocycles. The molecule has 0 bridgehead atoms. The van der Waals surface area contributed by atoms with Gasteiger partial charge < -0.3 is 15.0 Å². The van der Waals surface area contributed by atoms with Crippen LogP contribution < -0.4 is 5.32 Å². The SMILES string of the molecule is CCOC1CCN(C(=NC)NCc2ccc(C)cc2C)CC1. The third kappa shape index (κ3) is 4.47. The number of piperidine rings is 1. The van der Waals surface area contributed by atoms with Gasteiger partial charge in [0.05, 0.1) is 6.10 Å². The molecule has 0 radical (unpaired) electrons. The van der Waals surface area contributed by atoms with Crippen LogP contribution >= 0.6 is 0 Å². The predicted molar refractivity (Wildman–Crippen MR) is 92.3 cm³/mol. The van der Waals surface area contributed by atoms with Gasteiger partial charge in [0.15, 0.2) is 5.96 Å². The van der Waals surface area contributed by atoms with Gasteiger partial charge in [0.25, 0.3) is 0 Å². The fourth-order valence-electron chi connectivity index (χ4n) is 3.02. The van der Waals surface area contributed by atoms with Crippen molar-refractivity contribution in [3.8, 4) is 0 Å². The monoisotopic (exact) mass is 303 g/mol. The molecule has 4 nitrogen and oxygen atoms in total. The second-order valence-electron chi connectivity index (χ2n) is 5.97. The van der Waals surface area contributed by atoms with Crippen molar-refractivity contribution in [2.75, 3.05) is 26.7 Å². The van der Waals surface area contributed by atoms with Crippen LogP contribution in [0.1, 0.15) is 36.5 Å². The number of aliphatic imine (C=N–C) groups is 1. The quantitative estimate of drug-likeness (QED) is 0.686. The summed E-state index contributed by atoms with van der Waals surface area (Å²) in [5.74, 6) is 0.995. The Morgan fingerprint density at radius 3 is 2.64 bits per heavy atom. The van der Waals surface area contributed by atoms with Gasteiger partial charge in [-0.05, 0) is 44.7 Å². The molecule has 22 heavy (non-hydrogen) atoms. The number of likely N-dealkylation sites (tertiary alicyclic amines) is 1. The van der Waals surface area contributed by atoms with E-state index in [1.54, 1.807) is 0 Å². The summed E-state index contributed by atoms with van der Waals surface area (Å²) < 4.78 is 5.71. The number of aryl methyl sites for hydroxylation is 2. The second-order valence-corrected chi connectivity index (χ2v) is 5.97. The summed E-state index contributed by atoms with van der Waals surface area (Å²) in [5, 5.41) is 3.50. The minimum absolute atomic E-state index is 0.415. The summed E-state index contributed by atoms with van der Waals surface area (Å²) in [7, 11) is 1.86. The van der Waals surface area contributed by atoms with Crippen LogP contribution in [0.4, 0.5) is 0 Å². The lowest BCUT2D eigenvalue weighted by Crippen LogP contribution is -2.46. The summed E-state index contributed by atoms with van der Waals surface area (Å²) >= 11 is 0. The Balaban J connectivity index is 1.88. The maximum absolute atomic E-state index is 5.71. The van der Waals surface area contributed by atoms with Crippen molar-refractivity contribution in [3.63, 3.8) is 0 Å². The first-order valence-corrected chi connectivity index (χ1v) is 8.27. The number of ether oxygens (including phenoxy) is 1. The molecule has 0 aromatic heterocycles. The number of guanidine groups is 1. The molecule has 0 atom stereocenters. The van der Waals surface area contributed by atoms with Gasteiger partial charge in [-0.3, -0.25) is 4.99 Å². The van der Waals surface area contributed by atoms with Crippen LogP contribution in [0, 0.1) is 13.8 Å². The zero-order valence-electron chi connectivity index (χ0n) is 14.4. The second kappa shape index (κ2) is 8.18. The number of hydrogen-bond donors (Lipinski definition) is 1. The molecule has 4 heteroatoms. The Labute approximate surface area is 134 Å². The standard InChI is InChI=1S/C18H29N3O/c1-5-22-17-8-10-21(11-9-17)18(19-4)20-13-16-7-6-14(2)12-15(16)3/h6-7,12,17H,5,8-11,13H2,1-4H3,(H,19,20). The van der Waals surface area contributed by atoms with Crippen LogP contribution in [0.5, 0.6) is 0 Å². The van der Waals surface area contributed by atoms with Crippen molar-refractivity contribution < 1.29 is 4.74 Å². The predicted octanol–water partition coefficient (Wildman–Crippen LogP) is 2.88. The lowest BCUT2D eigenvalue weighted by atomic mass is 10.1. The number of benzene rings is 1. The van der Waals surface area contributed by atoms with Crippen LogP contribution in [-0.4, -0.2) is 43.7 Å². The molecule has 1 heterocycles. The zero-order chi connectivity index (χ0) is 15.9. The molecule has 1 aromatic rings. The molecule has 1 aliphatic rings. The van der Waals surface area contributed by atoms with Crippen molar-refractivity contribution in [3.05, 3.63) is 34.9 Å². The molecule has 1 N–H and O–H groups in total. The summed E-state index contributed by atoms with van der Waals surface area (Å²) in [5.41, 5.74) is 3.97. The van der Waals surface area contributed by atoms with Crippen LogP contribution in [0.2, 0.25) is 0 Å². The molecular weight excluding hydrogens is 274 g/mol. The maximum Gasteiger partial charge on any atom is 0.193 e. The zero-order valence-corrected chi connectivity index (χ0v) is 14.4. The van der Waals surface area contributed by atoms with Crippen molar-refractivity contribution in [1.29, 1.82) is 0 Å². The van der Waals surface area contributed by atoms with Crippen LogP contribution in [0.25, 0.3) is 0 Å². The van der Waals surface area contributed by atoms with E-state index in [1.807, 2.05) is 7.05 Å². The van der Waals surface area contributed by atoms with E-state index in [0.717, 1.165) is 45.0 Å². The Bertz CT molecular complexity index is 505. The van der Waals surface area contributed by atoms with Crippen LogP contribution in [-0.2, 0) is 11.3 Å². The van der Waals surface area contributed by atoms with Gasteiger partial charge in [0.1, 0.15) is 0 Å². The fraction of sp³-hybridized carbons (Fsp3) is 0.611. The Morgan fingerprint density at radius 1 is 1.32 bits per heavy atom. The van der Waals surface area contributed by atoms with Crippen LogP contribution in [0.15, 0.2) is 23.2 Å². The van der Waals surface area contributed by atoms with E-state index in [4.69, 9.17) is 4.74 Å². The molecule has 122 valence electrons. The highest BCUT2D eigenvalue weighted by atomic mass is 16.5. The molecule has 1 aliphatic heterocycles. The summed E-state index contributed by atoms with van der Waals surface area (Å²) in [6, 6.07) is 6.60. The first kappa shape index (κ1) is 16.8.